The highest BCUT2D eigenvalue weighted by Gasteiger charge is 2.22. The van der Waals surface area contributed by atoms with Crippen LogP contribution in [0.15, 0.2) is 29.3 Å². The van der Waals surface area contributed by atoms with Crippen LogP contribution in [0.25, 0.3) is 0 Å². The zero-order valence-electron chi connectivity index (χ0n) is 16.6. The SMILES string of the molecule is CN=C(NCCC(C)N(C)C(=O)OC(C)(C)C)NCc1ccccc1F. The largest absolute Gasteiger partial charge is 0.444 e. The summed E-state index contributed by atoms with van der Waals surface area (Å²) < 4.78 is 19.0. The molecule has 1 aromatic carbocycles. The molecule has 0 spiro atoms. The summed E-state index contributed by atoms with van der Waals surface area (Å²) in [6, 6.07) is 6.62. The van der Waals surface area contributed by atoms with Gasteiger partial charge in [-0.1, -0.05) is 18.2 Å². The summed E-state index contributed by atoms with van der Waals surface area (Å²) in [5.74, 6) is 0.337. The molecule has 0 radical (unpaired) electrons. The molecule has 0 aromatic heterocycles. The molecule has 0 saturated carbocycles. The maximum atomic E-state index is 13.6. The van der Waals surface area contributed by atoms with Crippen molar-refractivity contribution < 1.29 is 13.9 Å². The van der Waals surface area contributed by atoms with E-state index in [1.807, 2.05) is 27.7 Å². The Labute approximate surface area is 155 Å². The van der Waals surface area contributed by atoms with Gasteiger partial charge in [0.15, 0.2) is 5.96 Å². The van der Waals surface area contributed by atoms with Crippen molar-refractivity contribution in [2.75, 3.05) is 20.6 Å². The van der Waals surface area contributed by atoms with Crippen molar-refractivity contribution in [2.24, 2.45) is 4.99 Å². The molecular formula is C19H31FN4O2. The number of halogens is 1. The first-order chi connectivity index (χ1) is 12.1. The predicted molar refractivity (Wildman–Crippen MR) is 103 cm³/mol. The van der Waals surface area contributed by atoms with Gasteiger partial charge < -0.3 is 20.3 Å². The van der Waals surface area contributed by atoms with E-state index in [1.54, 1.807) is 37.2 Å². The maximum Gasteiger partial charge on any atom is 0.410 e. The Bertz CT molecular complexity index is 614. The summed E-state index contributed by atoms with van der Waals surface area (Å²) in [7, 11) is 3.39. The van der Waals surface area contributed by atoms with Gasteiger partial charge in [-0.2, -0.15) is 0 Å². The number of hydrogen-bond acceptors (Lipinski definition) is 3. The van der Waals surface area contributed by atoms with Crippen molar-refractivity contribution in [3.63, 3.8) is 0 Å². The summed E-state index contributed by atoms with van der Waals surface area (Å²) in [6.07, 6.45) is 0.378. The number of nitrogens with zero attached hydrogens (tertiary/aromatic N) is 2. The maximum absolute atomic E-state index is 13.6. The number of hydrogen-bond donors (Lipinski definition) is 2. The van der Waals surface area contributed by atoms with Gasteiger partial charge in [-0.05, 0) is 40.2 Å². The van der Waals surface area contributed by atoms with Crippen molar-refractivity contribution in [1.29, 1.82) is 0 Å². The van der Waals surface area contributed by atoms with E-state index < -0.39 is 5.60 Å². The Morgan fingerprint density at radius 2 is 1.96 bits per heavy atom. The van der Waals surface area contributed by atoms with Crippen molar-refractivity contribution in [2.45, 2.75) is 52.3 Å². The Balaban J connectivity index is 2.40. The molecule has 0 heterocycles. The number of aliphatic imine (C=N–C) groups is 1. The third-order valence-electron chi connectivity index (χ3n) is 3.82. The summed E-state index contributed by atoms with van der Waals surface area (Å²) in [5, 5.41) is 6.25. The van der Waals surface area contributed by atoms with Crippen LogP contribution in [0, 0.1) is 5.82 Å². The van der Waals surface area contributed by atoms with Crippen LogP contribution in [-0.4, -0.2) is 49.2 Å². The first-order valence-corrected chi connectivity index (χ1v) is 8.77. The molecule has 2 N–H and O–H groups in total. The van der Waals surface area contributed by atoms with E-state index in [9.17, 15) is 9.18 Å². The second-order valence-electron chi connectivity index (χ2n) is 7.17. The first-order valence-electron chi connectivity index (χ1n) is 8.77. The van der Waals surface area contributed by atoms with E-state index in [0.717, 1.165) is 6.42 Å². The number of amides is 1. The van der Waals surface area contributed by atoms with Crippen LogP contribution < -0.4 is 10.6 Å². The van der Waals surface area contributed by atoms with Gasteiger partial charge in [-0.25, -0.2) is 9.18 Å². The summed E-state index contributed by atoms with van der Waals surface area (Å²) >= 11 is 0. The normalized spacial score (nSPS) is 13.1. The third kappa shape index (κ3) is 7.72. The van der Waals surface area contributed by atoms with Crippen molar-refractivity contribution >= 4 is 12.1 Å². The molecule has 1 atom stereocenters. The highest BCUT2D eigenvalue weighted by atomic mass is 19.1. The van der Waals surface area contributed by atoms with E-state index in [2.05, 4.69) is 15.6 Å². The Morgan fingerprint density at radius 3 is 2.54 bits per heavy atom. The van der Waals surface area contributed by atoms with Crippen LogP contribution in [0.1, 0.15) is 39.7 Å². The molecule has 1 aromatic rings. The van der Waals surface area contributed by atoms with Crippen LogP contribution in [0.2, 0.25) is 0 Å². The molecule has 1 rings (SSSR count). The minimum Gasteiger partial charge on any atom is -0.444 e. The van der Waals surface area contributed by atoms with E-state index >= 15 is 0 Å². The zero-order valence-corrected chi connectivity index (χ0v) is 16.6. The number of guanidine groups is 1. The Morgan fingerprint density at radius 1 is 1.31 bits per heavy atom. The minimum absolute atomic E-state index is 0.00187. The van der Waals surface area contributed by atoms with Gasteiger partial charge in [-0.15, -0.1) is 0 Å². The molecule has 26 heavy (non-hydrogen) atoms. The lowest BCUT2D eigenvalue weighted by atomic mass is 10.2. The van der Waals surface area contributed by atoms with E-state index in [-0.39, 0.29) is 18.0 Å². The van der Waals surface area contributed by atoms with E-state index in [4.69, 9.17) is 4.74 Å². The molecule has 0 aliphatic rings. The van der Waals surface area contributed by atoms with Crippen LogP contribution in [-0.2, 0) is 11.3 Å². The van der Waals surface area contributed by atoms with Gasteiger partial charge in [0.2, 0.25) is 0 Å². The minimum atomic E-state index is -0.512. The number of benzene rings is 1. The van der Waals surface area contributed by atoms with Gasteiger partial charge >= 0.3 is 6.09 Å². The molecule has 1 amide bonds. The predicted octanol–water partition coefficient (Wildman–Crippen LogP) is 3.14. The van der Waals surface area contributed by atoms with Gasteiger partial charge in [0.25, 0.3) is 0 Å². The van der Waals surface area contributed by atoms with Crippen LogP contribution >= 0.6 is 0 Å². The van der Waals surface area contributed by atoms with Crippen LogP contribution in [0.5, 0.6) is 0 Å². The highest BCUT2D eigenvalue weighted by Crippen LogP contribution is 2.11. The van der Waals surface area contributed by atoms with Crippen LogP contribution in [0.4, 0.5) is 9.18 Å². The number of nitrogens with one attached hydrogen (secondary N) is 2. The van der Waals surface area contributed by atoms with E-state index in [0.29, 0.717) is 24.6 Å². The lowest BCUT2D eigenvalue weighted by Crippen LogP contribution is -2.42. The molecule has 6 nitrogen and oxygen atoms in total. The second-order valence-corrected chi connectivity index (χ2v) is 7.17. The van der Waals surface area contributed by atoms with Crippen molar-refractivity contribution in [3.8, 4) is 0 Å². The topological polar surface area (TPSA) is 66.0 Å². The fourth-order valence-corrected chi connectivity index (χ4v) is 2.15. The number of carbonyl (C=O) groups excluding carboxylic acids is 1. The summed E-state index contributed by atoms with van der Waals surface area (Å²) in [4.78, 5) is 17.8. The molecular weight excluding hydrogens is 335 g/mol. The zero-order chi connectivity index (χ0) is 19.7. The van der Waals surface area contributed by atoms with Gasteiger partial charge in [-0.3, -0.25) is 4.99 Å². The number of ether oxygens (including phenoxy) is 1. The summed E-state index contributed by atoms with van der Waals surface area (Å²) in [6.45, 7) is 8.45. The standard InChI is InChI=1S/C19H31FN4O2/c1-14(24(6)18(25)26-19(2,3)4)11-12-22-17(21-5)23-13-15-9-7-8-10-16(15)20/h7-10,14H,11-13H2,1-6H3,(H2,21,22,23). The molecule has 1 unspecified atom stereocenters. The third-order valence-corrected chi connectivity index (χ3v) is 3.82. The van der Waals surface area contributed by atoms with Crippen LogP contribution in [0.3, 0.4) is 0 Å². The monoisotopic (exact) mass is 366 g/mol. The smallest absolute Gasteiger partial charge is 0.410 e. The molecule has 0 bridgehead atoms. The fraction of sp³-hybridized carbons (Fsp3) is 0.579. The fourth-order valence-electron chi connectivity index (χ4n) is 2.15. The molecule has 0 fully saturated rings. The highest BCUT2D eigenvalue weighted by molar-refractivity contribution is 5.79. The molecule has 0 saturated heterocycles. The van der Waals surface area contributed by atoms with Gasteiger partial charge in [0.1, 0.15) is 11.4 Å². The summed E-state index contributed by atoms with van der Waals surface area (Å²) in [5.41, 5.74) is 0.0654. The van der Waals surface area contributed by atoms with Crippen molar-refractivity contribution in [3.05, 3.63) is 35.6 Å². The average Bonchev–Trinajstić information content (AvgIpc) is 2.56. The lowest BCUT2D eigenvalue weighted by Gasteiger charge is -2.28. The molecule has 7 heteroatoms. The quantitative estimate of drug-likeness (QED) is 0.600. The molecule has 0 aliphatic carbocycles. The molecule has 146 valence electrons. The average molecular weight is 366 g/mol. The lowest BCUT2D eigenvalue weighted by molar-refractivity contribution is 0.0230. The number of rotatable bonds is 6. The van der Waals surface area contributed by atoms with E-state index in [1.165, 1.54) is 6.07 Å². The first kappa shape index (κ1) is 21.7. The Hall–Kier alpha value is -2.31. The molecule has 0 aliphatic heterocycles. The Kier molecular flexibility index (Phi) is 8.35. The number of carbonyl (C=O) groups is 1. The van der Waals surface area contributed by atoms with Gasteiger partial charge in [0.05, 0.1) is 0 Å². The van der Waals surface area contributed by atoms with Gasteiger partial charge in [0, 0.05) is 38.8 Å². The van der Waals surface area contributed by atoms with Crippen molar-refractivity contribution in [1.82, 2.24) is 15.5 Å². The second kappa shape index (κ2) is 9.99.